The van der Waals surface area contributed by atoms with Crippen LogP contribution >= 0.6 is 6.26 Å². The first kappa shape index (κ1) is 18.7. The topological polar surface area (TPSA) is 36.9 Å². The molecule has 0 aliphatic rings. The van der Waals surface area contributed by atoms with Gasteiger partial charge in [0.25, 0.3) is 0 Å². The molecule has 4 nitrogen and oxygen atoms in total. The summed E-state index contributed by atoms with van der Waals surface area (Å²) >= 11 is 5.25. The summed E-state index contributed by atoms with van der Waals surface area (Å²) in [6, 6.07) is 0.790. The average Bonchev–Trinajstić information content (AvgIpc) is 2.24. The smallest absolute Gasteiger partial charge is 0.374 e. The molecule has 0 aliphatic carbocycles. The Hall–Kier alpha value is 0.707. The van der Waals surface area contributed by atoms with Gasteiger partial charge < -0.3 is 17.8 Å². The Labute approximate surface area is 118 Å². The fraction of sp³-hybridized carbons (Fsp3) is 1.00. The molecule has 0 heterocycles. The van der Waals surface area contributed by atoms with Crippen molar-refractivity contribution in [2.75, 3.05) is 39.8 Å². The number of hydrogen-bond acceptors (Lipinski definition) is 5. The molecule has 0 saturated heterocycles. The second-order valence-electron chi connectivity index (χ2n) is 4.17. The standard InChI is InChI=1S/C11H27O4PSSi/c1-6-13-18(14-7-2,15-8-3)11-9-10-12-16(4,5)17/h6-11H2,1-5H3. The van der Waals surface area contributed by atoms with Crippen LogP contribution in [0.3, 0.4) is 0 Å². The zero-order chi connectivity index (χ0) is 14.1. The van der Waals surface area contributed by atoms with Crippen LogP contribution < -0.4 is 0 Å². The zero-order valence-electron chi connectivity index (χ0n) is 12.2. The van der Waals surface area contributed by atoms with Gasteiger partial charge in [0.1, 0.15) is 0 Å². The van der Waals surface area contributed by atoms with Gasteiger partial charge in [0, 0.05) is 25.9 Å². The predicted molar refractivity (Wildman–Crippen MR) is 82.1 cm³/mol. The Morgan fingerprint density at radius 2 is 1.39 bits per heavy atom. The Balaban J connectivity index is 4.25. The van der Waals surface area contributed by atoms with Crippen LogP contribution in [0.5, 0.6) is 0 Å². The summed E-state index contributed by atoms with van der Waals surface area (Å²) in [5.41, 5.74) is 0. The maximum atomic E-state index is 5.76. The van der Waals surface area contributed by atoms with Crippen molar-refractivity contribution >= 4 is 26.9 Å². The van der Waals surface area contributed by atoms with Crippen molar-refractivity contribution in [2.45, 2.75) is 33.2 Å². The zero-order valence-corrected chi connectivity index (χ0v) is 14.9. The van der Waals surface area contributed by atoms with E-state index in [2.05, 4.69) is 0 Å². The first-order valence-electron chi connectivity index (χ1n) is 6.50. The normalized spacial score (nSPS) is 12.9. The van der Waals surface area contributed by atoms with E-state index in [-0.39, 0.29) is 0 Å². The third-order valence-corrected chi connectivity index (χ3v) is 6.39. The predicted octanol–water partition coefficient (Wildman–Crippen LogP) is 3.10. The average molecular weight is 314 g/mol. The molecule has 0 atom stereocenters. The van der Waals surface area contributed by atoms with Crippen molar-refractivity contribution in [3.8, 4) is 0 Å². The lowest BCUT2D eigenvalue weighted by molar-refractivity contribution is 0.0698. The van der Waals surface area contributed by atoms with E-state index in [0.29, 0.717) is 26.4 Å². The van der Waals surface area contributed by atoms with Crippen molar-refractivity contribution in [2.24, 2.45) is 0 Å². The van der Waals surface area contributed by atoms with Crippen molar-refractivity contribution in [3.05, 3.63) is 0 Å². The summed E-state index contributed by atoms with van der Waals surface area (Å²) in [4.78, 5) is 0. The van der Waals surface area contributed by atoms with E-state index in [4.69, 9.17) is 29.6 Å². The molecule has 0 unspecified atom stereocenters. The second-order valence-corrected chi connectivity index (χ2v) is 12.3. The maximum absolute atomic E-state index is 5.76. The summed E-state index contributed by atoms with van der Waals surface area (Å²) in [5, 5.41) is 0. The summed E-state index contributed by atoms with van der Waals surface area (Å²) in [6.45, 7) is 12.4. The molecule has 0 fully saturated rings. The highest BCUT2D eigenvalue weighted by atomic mass is 32.4. The van der Waals surface area contributed by atoms with Gasteiger partial charge in [-0.2, -0.15) is 0 Å². The summed E-state index contributed by atoms with van der Waals surface area (Å²) in [7, 11) is -2.49. The van der Waals surface area contributed by atoms with E-state index in [0.717, 1.165) is 12.5 Å². The van der Waals surface area contributed by atoms with Crippen molar-refractivity contribution < 1.29 is 17.8 Å². The summed E-state index contributed by atoms with van der Waals surface area (Å²) in [6.07, 6.45) is -0.700. The molecule has 0 aromatic heterocycles. The van der Waals surface area contributed by atoms with Gasteiger partial charge in [0.15, 0.2) is 0 Å². The molecule has 0 spiro atoms. The van der Waals surface area contributed by atoms with Crippen LogP contribution in [0.25, 0.3) is 0 Å². The van der Waals surface area contributed by atoms with Crippen molar-refractivity contribution in [1.29, 1.82) is 0 Å². The van der Waals surface area contributed by atoms with E-state index in [1.54, 1.807) is 0 Å². The molecule has 0 aromatic rings. The highest BCUT2D eigenvalue weighted by molar-refractivity contribution is 8.11. The minimum Gasteiger partial charge on any atom is -0.374 e. The van der Waals surface area contributed by atoms with Gasteiger partial charge in [0.2, 0.25) is 0 Å². The Morgan fingerprint density at radius 3 is 1.72 bits per heavy atom. The summed E-state index contributed by atoms with van der Waals surface area (Å²) < 4.78 is 22.9. The molecule has 18 heavy (non-hydrogen) atoms. The largest absolute Gasteiger partial charge is 0.501 e. The lowest BCUT2D eigenvalue weighted by Crippen LogP contribution is -2.46. The SMILES string of the molecule is CCO[Si](CCCOP(C)(C)=S)(OCC)OCC. The molecule has 7 heteroatoms. The fourth-order valence-electron chi connectivity index (χ4n) is 1.57. The molecular weight excluding hydrogens is 287 g/mol. The van der Waals surface area contributed by atoms with Crippen LogP contribution in [0.15, 0.2) is 0 Å². The molecule has 0 saturated carbocycles. The van der Waals surface area contributed by atoms with Crippen LogP contribution in [-0.4, -0.2) is 48.6 Å². The van der Waals surface area contributed by atoms with Gasteiger partial charge in [-0.1, -0.05) is 11.8 Å². The lowest BCUT2D eigenvalue weighted by Gasteiger charge is -2.28. The molecular formula is C11H27O4PSSi. The Morgan fingerprint density at radius 1 is 0.944 bits per heavy atom. The van der Waals surface area contributed by atoms with Gasteiger partial charge in [0.05, 0.1) is 12.9 Å². The molecule has 0 radical (unpaired) electrons. The molecule has 0 N–H and O–H groups in total. The quantitative estimate of drug-likeness (QED) is 0.333. The Bertz CT molecular complexity index is 242. The summed E-state index contributed by atoms with van der Waals surface area (Å²) in [5.74, 6) is 0. The molecule has 0 amide bonds. The maximum Gasteiger partial charge on any atom is 0.501 e. The number of rotatable bonds is 11. The molecule has 0 rings (SSSR count). The number of hydrogen-bond donors (Lipinski definition) is 0. The minimum absolute atomic E-state index is 0.618. The van der Waals surface area contributed by atoms with Gasteiger partial charge in [-0.3, -0.25) is 0 Å². The monoisotopic (exact) mass is 314 g/mol. The molecule has 110 valence electrons. The third-order valence-electron chi connectivity index (χ3n) is 2.12. The van der Waals surface area contributed by atoms with Crippen LogP contribution in [0.2, 0.25) is 6.04 Å². The van der Waals surface area contributed by atoms with E-state index in [1.807, 2.05) is 34.1 Å². The Kier molecular flexibility index (Phi) is 9.96. The highest BCUT2D eigenvalue weighted by Crippen LogP contribution is 2.38. The van der Waals surface area contributed by atoms with Gasteiger partial charge in [-0.05, 0) is 40.5 Å². The van der Waals surface area contributed by atoms with Crippen molar-refractivity contribution in [1.82, 2.24) is 0 Å². The highest BCUT2D eigenvalue weighted by Gasteiger charge is 2.39. The molecule has 0 aromatic carbocycles. The molecule has 0 bridgehead atoms. The van der Waals surface area contributed by atoms with Gasteiger partial charge >= 0.3 is 8.80 Å². The first-order valence-corrected chi connectivity index (χ1v) is 12.0. The first-order chi connectivity index (χ1) is 8.39. The van der Waals surface area contributed by atoms with Crippen LogP contribution in [0, 0.1) is 0 Å². The van der Waals surface area contributed by atoms with Crippen molar-refractivity contribution in [3.63, 3.8) is 0 Å². The fourth-order valence-corrected chi connectivity index (χ4v) is 4.95. The van der Waals surface area contributed by atoms with Crippen LogP contribution in [0.1, 0.15) is 27.2 Å². The lowest BCUT2D eigenvalue weighted by atomic mass is 10.5. The van der Waals surface area contributed by atoms with E-state index in [9.17, 15) is 0 Å². The van der Waals surface area contributed by atoms with E-state index in [1.165, 1.54) is 0 Å². The third kappa shape index (κ3) is 8.75. The minimum atomic E-state index is -2.49. The van der Waals surface area contributed by atoms with E-state index < -0.39 is 15.1 Å². The molecule has 0 aliphatic heterocycles. The van der Waals surface area contributed by atoms with Gasteiger partial charge in [-0.15, -0.1) is 0 Å². The van der Waals surface area contributed by atoms with E-state index >= 15 is 0 Å². The second kappa shape index (κ2) is 9.59. The van der Waals surface area contributed by atoms with Crippen LogP contribution in [0.4, 0.5) is 0 Å². The van der Waals surface area contributed by atoms with Crippen LogP contribution in [-0.2, 0) is 29.6 Å². The van der Waals surface area contributed by atoms with Gasteiger partial charge in [-0.25, -0.2) is 0 Å².